The lowest BCUT2D eigenvalue weighted by Gasteiger charge is -1.85. The van der Waals surface area contributed by atoms with Gasteiger partial charge in [0.05, 0.1) is 0 Å². The van der Waals surface area contributed by atoms with Gasteiger partial charge in [-0.2, -0.15) is 0 Å². The lowest BCUT2D eigenvalue weighted by Crippen LogP contribution is -1.63. The molecule has 2 aromatic rings. The molecule has 0 nitrogen and oxygen atoms in total. The third kappa shape index (κ3) is 18.8. The molecular formula is C16H22Br6. The molecule has 2 aromatic carbocycles. The predicted octanol–water partition coefficient (Wildman–Crippen LogP) is 8.13. The molecular weight excluding hydrogens is 672 g/mol. The average molecular weight is 694 g/mol. The van der Waals surface area contributed by atoms with Crippen LogP contribution in [0.25, 0.3) is 12.2 Å². The summed E-state index contributed by atoms with van der Waals surface area (Å²) >= 11 is 0. The predicted molar refractivity (Wildman–Crippen MR) is 135 cm³/mol. The van der Waals surface area contributed by atoms with Crippen molar-refractivity contribution in [3.05, 3.63) is 84.9 Å². The van der Waals surface area contributed by atoms with Crippen molar-refractivity contribution < 1.29 is 0 Å². The Balaban J connectivity index is -0.0000000457. The second-order valence-electron chi connectivity index (χ2n) is 3.23. The molecule has 0 bridgehead atoms. The minimum absolute atomic E-state index is 0. The highest BCUT2D eigenvalue weighted by atomic mass is 79.9. The average Bonchev–Trinajstić information content (AvgIpc) is 2.41. The van der Waals surface area contributed by atoms with Gasteiger partial charge in [0.25, 0.3) is 0 Å². The fraction of sp³-hybridized carbons (Fsp3) is 0. The van der Waals surface area contributed by atoms with Crippen molar-refractivity contribution in [2.45, 2.75) is 0 Å². The van der Waals surface area contributed by atoms with Gasteiger partial charge in [0, 0.05) is 0 Å². The van der Waals surface area contributed by atoms with Crippen LogP contribution in [0.1, 0.15) is 11.1 Å². The maximum absolute atomic E-state index is 3.63. The summed E-state index contributed by atoms with van der Waals surface area (Å²) in [6, 6.07) is 20.1. The van der Waals surface area contributed by atoms with Crippen LogP contribution >= 0.6 is 102 Å². The van der Waals surface area contributed by atoms with Crippen LogP contribution in [-0.4, -0.2) is 0 Å². The first-order valence-corrected chi connectivity index (χ1v) is 5.22. The van der Waals surface area contributed by atoms with Crippen molar-refractivity contribution in [3.63, 3.8) is 0 Å². The molecule has 0 radical (unpaired) electrons. The van der Waals surface area contributed by atoms with Gasteiger partial charge in [-0.3, -0.25) is 0 Å². The van der Waals surface area contributed by atoms with Crippen LogP contribution in [0.3, 0.4) is 0 Å². The number of hydrogen-bond donors (Lipinski definition) is 0. The molecule has 0 heterocycles. The Labute approximate surface area is 197 Å². The Morgan fingerprint density at radius 1 is 0.455 bits per heavy atom. The molecule has 0 aliphatic carbocycles. The minimum atomic E-state index is 0. The molecule has 0 N–H and O–H groups in total. The van der Waals surface area contributed by atoms with Crippen molar-refractivity contribution in [1.29, 1.82) is 0 Å². The van der Waals surface area contributed by atoms with E-state index in [2.05, 4.69) is 13.2 Å². The van der Waals surface area contributed by atoms with Crippen LogP contribution in [0.15, 0.2) is 73.8 Å². The first-order valence-electron chi connectivity index (χ1n) is 5.22. The molecule has 0 aromatic heterocycles. The number of benzene rings is 2. The summed E-state index contributed by atoms with van der Waals surface area (Å²) in [7, 11) is 0. The number of rotatable bonds is 2. The third-order valence-corrected chi connectivity index (χ3v) is 2.07. The number of halogens is 6. The summed E-state index contributed by atoms with van der Waals surface area (Å²) in [6.45, 7) is 7.26. The van der Waals surface area contributed by atoms with Crippen molar-refractivity contribution in [2.24, 2.45) is 0 Å². The zero-order valence-corrected chi connectivity index (χ0v) is 22.1. The fourth-order valence-corrected chi connectivity index (χ4v) is 1.18. The number of hydrogen-bond acceptors (Lipinski definition) is 0. The van der Waals surface area contributed by atoms with Crippen LogP contribution in [0, 0.1) is 0 Å². The standard InChI is InChI=1S/2C8H8.6BrH/c2*1-2-8-6-4-3-5-7-8;;;;;;/h2*2-7H,1H2;6*1H. The highest BCUT2D eigenvalue weighted by Crippen LogP contribution is 1.98. The van der Waals surface area contributed by atoms with Gasteiger partial charge in [0.2, 0.25) is 0 Å². The normalized spacial score (nSPS) is 6.18. The van der Waals surface area contributed by atoms with E-state index in [9.17, 15) is 0 Å². The molecule has 22 heavy (non-hydrogen) atoms. The zero-order valence-electron chi connectivity index (χ0n) is 11.8. The van der Waals surface area contributed by atoms with E-state index in [0.717, 1.165) is 0 Å². The molecule has 128 valence electrons. The lowest BCUT2D eigenvalue weighted by molar-refractivity contribution is 1.67. The van der Waals surface area contributed by atoms with Crippen molar-refractivity contribution in [1.82, 2.24) is 0 Å². The quantitative estimate of drug-likeness (QED) is 0.298. The Bertz CT molecular complexity index is 387. The Morgan fingerprint density at radius 3 is 0.818 bits per heavy atom. The third-order valence-electron chi connectivity index (χ3n) is 2.07. The highest BCUT2D eigenvalue weighted by Gasteiger charge is 1.76. The summed E-state index contributed by atoms with van der Waals surface area (Å²) in [5.74, 6) is 0. The Morgan fingerprint density at radius 2 is 0.682 bits per heavy atom. The van der Waals surface area contributed by atoms with E-state index >= 15 is 0 Å². The van der Waals surface area contributed by atoms with Gasteiger partial charge in [0.1, 0.15) is 0 Å². The van der Waals surface area contributed by atoms with E-state index < -0.39 is 0 Å². The van der Waals surface area contributed by atoms with Gasteiger partial charge in [-0.15, -0.1) is 102 Å². The maximum atomic E-state index is 3.63. The fourth-order valence-electron chi connectivity index (χ4n) is 1.18. The van der Waals surface area contributed by atoms with E-state index in [4.69, 9.17) is 0 Å². The molecule has 0 atom stereocenters. The van der Waals surface area contributed by atoms with E-state index in [1.54, 1.807) is 0 Å². The largest absolute Gasteiger partial charge is 0.114 e. The molecule has 2 rings (SSSR count). The van der Waals surface area contributed by atoms with Gasteiger partial charge in [0.15, 0.2) is 0 Å². The zero-order chi connectivity index (χ0) is 11.6. The van der Waals surface area contributed by atoms with Crippen LogP contribution in [0.2, 0.25) is 0 Å². The molecule has 0 saturated carbocycles. The molecule has 0 unspecified atom stereocenters. The van der Waals surface area contributed by atoms with E-state index in [1.807, 2.05) is 72.8 Å². The first kappa shape index (κ1) is 38.4. The van der Waals surface area contributed by atoms with Gasteiger partial charge in [-0.05, 0) is 11.1 Å². The summed E-state index contributed by atoms with van der Waals surface area (Å²) < 4.78 is 0. The lowest BCUT2D eigenvalue weighted by atomic mass is 10.2. The Hall–Kier alpha value is 0.800. The van der Waals surface area contributed by atoms with Gasteiger partial charge < -0.3 is 0 Å². The monoisotopic (exact) mass is 688 g/mol. The summed E-state index contributed by atoms with van der Waals surface area (Å²) in [6.07, 6.45) is 3.67. The first-order chi connectivity index (χ1) is 7.86. The van der Waals surface area contributed by atoms with Crippen molar-refractivity contribution in [3.8, 4) is 0 Å². The van der Waals surface area contributed by atoms with Crippen molar-refractivity contribution >= 4 is 114 Å². The second kappa shape index (κ2) is 26.7. The van der Waals surface area contributed by atoms with Gasteiger partial charge in [-0.1, -0.05) is 86.0 Å². The smallest absolute Gasteiger partial charge is 0.0263 e. The molecule has 0 spiro atoms. The van der Waals surface area contributed by atoms with Crippen LogP contribution < -0.4 is 0 Å². The van der Waals surface area contributed by atoms with E-state index in [0.29, 0.717) is 0 Å². The summed E-state index contributed by atoms with van der Waals surface area (Å²) in [5.41, 5.74) is 2.35. The Kier molecular flexibility index (Phi) is 46.6. The topological polar surface area (TPSA) is 0 Å². The molecule has 0 fully saturated rings. The maximum Gasteiger partial charge on any atom is -0.0263 e. The molecule has 0 amide bonds. The van der Waals surface area contributed by atoms with Gasteiger partial charge in [-0.25, -0.2) is 0 Å². The highest BCUT2D eigenvalue weighted by molar-refractivity contribution is 8.93. The van der Waals surface area contributed by atoms with E-state index in [1.165, 1.54) is 11.1 Å². The minimum Gasteiger partial charge on any atom is -0.114 e. The molecule has 0 saturated heterocycles. The van der Waals surface area contributed by atoms with Gasteiger partial charge >= 0.3 is 0 Å². The second-order valence-corrected chi connectivity index (χ2v) is 3.23. The summed E-state index contributed by atoms with van der Waals surface area (Å²) in [5, 5.41) is 0. The molecule has 6 heteroatoms. The molecule has 0 aliphatic heterocycles. The van der Waals surface area contributed by atoms with E-state index in [-0.39, 0.29) is 102 Å². The van der Waals surface area contributed by atoms with Crippen molar-refractivity contribution in [2.75, 3.05) is 0 Å². The van der Waals surface area contributed by atoms with Crippen LogP contribution in [0.5, 0.6) is 0 Å². The van der Waals surface area contributed by atoms with Crippen LogP contribution in [-0.2, 0) is 0 Å². The SMILES string of the molecule is Br.Br.Br.Br.Br.Br.C=Cc1ccccc1.C=Cc1ccccc1. The van der Waals surface area contributed by atoms with Crippen LogP contribution in [0.4, 0.5) is 0 Å². The summed E-state index contributed by atoms with van der Waals surface area (Å²) in [4.78, 5) is 0. The molecule has 0 aliphatic rings.